The molecule has 160 valence electrons. The van der Waals surface area contributed by atoms with Gasteiger partial charge in [0.05, 0.1) is 20.6 Å². The van der Waals surface area contributed by atoms with E-state index in [2.05, 4.69) is 5.32 Å². The number of nitrogens with zero attached hydrogens (tertiary/aromatic N) is 1. The van der Waals surface area contributed by atoms with E-state index in [1.54, 1.807) is 18.2 Å². The number of sulfonamides is 1. The van der Waals surface area contributed by atoms with Crippen LogP contribution in [0.2, 0.25) is 10.0 Å². The average Bonchev–Trinajstić information content (AvgIpc) is 2.75. The first-order chi connectivity index (χ1) is 14.8. The van der Waals surface area contributed by atoms with Crippen molar-refractivity contribution in [2.75, 3.05) is 5.32 Å². The summed E-state index contributed by atoms with van der Waals surface area (Å²) in [6, 6.07) is 15.6. The van der Waals surface area contributed by atoms with E-state index in [1.165, 1.54) is 12.1 Å². The molecule has 0 unspecified atom stereocenters. The standard InChI is InChI=1S/C22H17Cl2FN2O3S/c23-18-6-3-7-19(24)21(18)26-22(28)20-12-14-4-1-2-5-15(14)13-27(20)31(29,30)17-10-8-16(25)9-11-17/h1-11,20H,12-13H2,(H,26,28)/t20-/m0/s1. The largest absolute Gasteiger partial charge is 0.322 e. The summed E-state index contributed by atoms with van der Waals surface area (Å²) in [6.45, 7) is 0.00419. The zero-order valence-electron chi connectivity index (χ0n) is 16.1. The Morgan fingerprint density at radius 3 is 2.19 bits per heavy atom. The third-order valence-electron chi connectivity index (χ3n) is 5.14. The lowest BCUT2D eigenvalue weighted by atomic mass is 9.95. The predicted molar refractivity (Wildman–Crippen MR) is 118 cm³/mol. The van der Waals surface area contributed by atoms with E-state index < -0.39 is 27.8 Å². The van der Waals surface area contributed by atoms with Gasteiger partial charge in [-0.1, -0.05) is 53.5 Å². The summed E-state index contributed by atoms with van der Waals surface area (Å²) < 4.78 is 41.2. The number of amides is 1. The van der Waals surface area contributed by atoms with Crippen molar-refractivity contribution in [2.24, 2.45) is 0 Å². The fourth-order valence-electron chi connectivity index (χ4n) is 3.54. The van der Waals surface area contributed by atoms with Gasteiger partial charge in [-0.2, -0.15) is 4.31 Å². The molecule has 9 heteroatoms. The normalized spacial score (nSPS) is 16.5. The molecule has 0 aliphatic carbocycles. The molecular formula is C22H17Cl2FN2O3S. The van der Waals surface area contributed by atoms with Crippen molar-refractivity contribution in [3.63, 3.8) is 0 Å². The van der Waals surface area contributed by atoms with Gasteiger partial charge >= 0.3 is 0 Å². The second kappa shape index (κ2) is 8.59. The zero-order valence-corrected chi connectivity index (χ0v) is 18.4. The number of carbonyl (C=O) groups excluding carboxylic acids is 1. The van der Waals surface area contributed by atoms with Gasteiger partial charge in [0.15, 0.2) is 0 Å². The Hall–Kier alpha value is -2.45. The van der Waals surface area contributed by atoms with Crippen LogP contribution in [0.1, 0.15) is 11.1 Å². The highest BCUT2D eigenvalue weighted by Crippen LogP contribution is 2.33. The van der Waals surface area contributed by atoms with Crippen LogP contribution in [0.3, 0.4) is 0 Å². The number of rotatable bonds is 4. The molecule has 0 fully saturated rings. The fourth-order valence-corrected chi connectivity index (χ4v) is 5.60. The highest BCUT2D eigenvalue weighted by Gasteiger charge is 2.39. The molecule has 1 atom stereocenters. The molecule has 1 aliphatic heterocycles. The van der Waals surface area contributed by atoms with E-state index >= 15 is 0 Å². The van der Waals surface area contributed by atoms with Gasteiger partial charge in [0.1, 0.15) is 11.9 Å². The molecule has 0 bridgehead atoms. The van der Waals surface area contributed by atoms with Crippen molar-refractivity contribution in [3.8, 4) is 0 Å². The van der Waals surface area contributed by atoms with Crippen molar-refractivity contribution in [1.29, 1.82) is 0 Å². The zero-order chi connectivity index (χ0) is 22.2. The van der Waals surface area contributed by atoms with Crippen LogP contribution in [0.5, 0.6) is 0 Å². The second-order valence-corrected chi connectivity index (χ2v) is 9.78. The highest BCUT2D eigenvalue weighted by atomic mass is 35.5. The van der Waals surface area contributed by atoms with Gasteiger partial charge in [0.2, 0.25) is 15.9 Å². The number of hydrogen-bond acceptors (Lipinski definition) is 3. The van der Waals surface area contributed by atoms with Crippen molar-refractivity contribution in [3.05, 3.63) is 93.7 Å². The van der Waals surface area contributed by atoms with Crippen LogP contribution in [0.25, 0.3) is 0 Å². The summed E-state index contributed by atoms with van der Waals surface area (Å²) in [5, 5.41) is 3.15. The summed E-state index contributed by atoms with van der Waals surface area (Å²) in [7, 11) is -4.09. The molecule has 1 N–H and O–H groups in total. The number of halogens is 3. The number of benzene rings is 3. The van der Waals surface area contributed by atoms with E-state index in [0.717, 1.165) is 27.6 Å². The van der Waals surface area contributed by atoms with Crippen LogP contribution in [-0.2, 0) is 27.8 Å². The summed E-state index contributed by atoms with van der Waals surface area (Å²) in [5.41, 5.74) is 1.89. The molecule has 0 spiro atoms. The molecule has 5 nitrogen and oxygen atoms in total. The van der Waals surface area contributed by atoms with E-state index in [1.807, 2.05) is 24.3 Å². The Labute approximate surface area is 189 Å². The van der Waals surface area contributed by atoms with Gasteiger partial charge in [-0.3, -0.25) is 4.79 Å². The Kier molecular flexibility index (Phi) is 6.03. The van der Waals surface area contributed by atoms with E-state index in [0.29, 0.717) is 0 Å². The predicted octanol–water partition coefficient (Wildman–Crippen LogP) is 4.89. The molecule has 1 heterocycles. The van der Waals surface area contributed by atoms with E-state index in [4.69, 9.17) is 23.2 Å². The van der Waals surface area contributed by atoms with Crippen molar-refractivity contribution >= 4 is 44.8 Å². The molecule has 31 heavy (non-hydrogen) atoms. The monoisotopic (exact) mass is 478 g/mol. The Morgan fingerprint density at radius 2 is 1.55 bits per heavy atom. The van der Waals surface area contributed by atoms with Crippen LogP contribution >= 0.6 is 23.2 Å². The smallest absolute Gasteiger partial charge is 0.244 e. The van der Waals surface area contributed by atoms with Gasteiger partial charge in [-0.25, -0.2) is 12.8 Å². The van der Waals surface area contributed by atoms with E-state index in [-0.39, 0.29) is 33.6 Å². The molecule has 3 aromatic carbocycles. The maximum absolute atomic E-state index is 13.4. The van der Waals surface area contributed by atoms with Gasteiger partial charge in [-0.15, -0.1) is 0 Å². The van der Waals surface area contributed by atoms with Gasteiger partial charge in [-0.05, 0) is 53.9 Å². The number of carbonyl (C=O) groups is 1. The van der Waals surface area contributed by atoms with Crippen LogP contribution in [0.4, 0.5) is 10.1 Å². The molecule has 1 aliphatic rings. The van der Waals surface area contributed by atoms with Crippen molar-refractivity contribution < 1.29 is 17.6 Å². The lowest BCUT2D eigenvalue weighted by Gasteiger charge is -2.35. The maximum Gasteiger partial charge on any atom is 0.244 e. The van der Waals surface area contributed by atoms with Crippen LogP contribution in [0.15, 0.2) is 71.6 Å². The average molecular weight is 479 g/mol. The topological polar surface area (TPSA) is 66.5 Å². The Balaban J connectivity index is 1.74. The van der Waals surface area contributed by atoms with Crippen molar-refractivity contribution in [2.45, 2.75) is 23.9 Å². The second-order valence-electron chi connectivity index (χ2n) is 7.08. The number of para-hydroxylation sites is 1. The van der Waals surface area contributed by atoms with Gasteiger partial charge < -0.3 is 5.32 Å². The molecule has 0 aromatic heterocycles. The summed E-state index contributed by atoms with van der Waals surface area (Å²) in [4.78, 5) is 13.1. The minimum Gasteiger partial charge on any atom is -0.322 e. The molecule has 0 saturated carbocycles. The molecule has 0 saturated heterocycles. The van der Waals surface area contributed by atoms with Gasteiger partial charge in [0.25, 0.3) is 0 Å². The Bertz CT molecular complexity index is 1230. The first kappa shape index (κ1) is 21.8. The lowest BCUT2D eigenvalue weighted by Crippen LogP contribution is -2.50. The number of nitrogens with one attached hydrogen (secondary N) is 1. The molecular weight excluding hydrogens is 462 g/mol. The molecule has 3 aromatic rings. The summed E-state index contributed by atoms with van der Waals surface area (Å²) in [6.07, 6.45) is 0.171. The van der Waals surface area contributed by atoms with Crippen LogP contribution in [-0.4, -0.2) is 24.7 Å². The van der Waals surface area contributed by atoms with Crippen molar-refractivity contribution in [1.82, 2.24) is 4.31 Å². The minimum absolute atomic E-state index is 0.00419. The van der Waals surface area contributed by atoms with Crippen LogP contribution < -0.4 is 5.32 Å². The third kappa shape index (κ3) is 4.32. The molecule has 4 rings (SSSR count). The number of hydrogen-bond donors (Lipinski definition) is 1. The number of fused-ring (bicyclic) bond motifs is 1. The highest BCUT2D eigenvalue weighted by molar-refractivity contribution is 7.89. The first-order valence-corrected chi connectivity index (χ1v) is 11.6. The Morgan fingerprint density at radius 1 is 0.935 bits per heavy atom. The third-order valence-corrected chi connectivity index (χ3v) is 7.64. The molecule has 1 amide bonds. The summed E-state index contributed by atoms with van der Waals surface area (Å²) >= 11 is 12.3. The maximum atomic E-state index is 13.4. The van der Waals surface area contributed by atoms with Crippen LogP contribution in [0, 0.1) is 5.82 Å². The van der Waals surface area contributed by atoms with E-state index in [9.17, 15) is 17.6 Å². The quantitative estimate of drug-likeness (QED) is 0.580. The first-order valence-electron chi connectivity index (χ1n) is 9.36. The molecule has 0 radical (unpaired) electrons. The fraction of sp³-hybridized carbons (Fsp3) is 0.136. The number of anilines is 1. The van der Waals surface area contributed by atoms with Gasteiger partial charge in [0, 0.05) is 6.54 Å². The SMILES string of the molecule is O=C(Nc1c(Cl)cccc1Cl)[C@@H]1Cc2ccccc2CN1S(=O)(=O)c1ccc(F)cc1. The minimum atomic E-state index is -4.09. The summed E-state index contributed by atoms with van der Waals surface area (Å²) in [5.74, 6) is -1.11. The lowest BCUT2D eigenvalue weighted by molar-refractivity contribution is -0.120.